The van der Waals surface area contributed by atoms with Crippen LogP contribution >= 0.6 is 0 Å². The molecule has 1 heterocycles. The maximum absolute atomic E-state index is 13.2. The fraction of sp³-hybridized carbons (Fsp3) is 0.0667. The molecule has 0 aliphatic carbocycles. The molecule has 5 heteroatoms. The predicted octanol–water partition coefficient (Wildman–Crippen LogP) is 3.00. The van der Waals surface area contributed by atoms with E-state index in [4.69, 9.17) is 10.3 Å². The molecule has 20 heavy (non-hydrogen) atoms. The highest BCUT2D eigenvalue weighted by Crippen LogP contribution is 2.23. The summed E-state index contributed by atoms with van der Waals surface area (Å²) in [5, 5.41) is 3.88. The van der Waals surface area contributed by atoms with E-state index in [1.54, 1.807) is 12.1 Å². The SMILES string of the molecule is NCc1cccc(-c2nc(-c3cccc(F)c3)no2)c1. The second kappa shape index (κ2) is 5.22. The Balaban J connectivity index is 1.97. The molecule has 3 rings (SSSR count). The van der Waals surface area contributed by atoms with Gasteiger partial charge in [-0.15, -0.1) is 0 Å². The number of hydrogen-bond acceptors (Lipinski definition) is 4. The molecule has 100 valence electrons. The molecule has 2 N–H and O–H groups in total. The first-order valence-electron chi connectivity index (χ1n) is 6.15. The summed E-state index contributed by atoms with van der Waals surface area (Å²) in [5.74, 6) is 0.413. The summed E-state index contributed by atoms with van der Waals surface area (Å²) in [5.41, 5.74) is 7.95. The second-order valence-corrected chi connectivity index (χ2v) is 4.34. The Kier molecular flexibility index (Phi) is 3.26. The van der Waals surface area contributed by atoms with Gasteiger partial charge < -0.3 is 10.3 Å². The van der Waals surface area contributed by atoms with Crippen LogP contribution in [0.25, 0.3) is 22.8 Å². The Morgan fingerprint density at radius 1 is 1.05 bits per heavy atom. The van der Waals surface area contributed by atoms with Gasteiger partial charge in [0.2, 0.25) is 5.82 Å². The summed E-state index contributed by atoms with van der Waals surface area (Å²) in [6.07, 6.45) is 0. The van der Waals surface area contributed by atoms with Gasteiger partial charge in [-0.1, -0.05) is 29.4 Å². The molecule has 2 aromatic carbocycles. The lowest BCUT2D eigenvalue weighted by molar-refractivity contribution is 0.432. The average molecular weight is 269 g/mol. The van der Waals surface area contributed by atoms with Crippen LogP contribution in [0.1, 0.15) is 5.56 Å². The van der Waals surface area contributed by atoms with Crippen LogP contribution in [0.3, 0.4) is 0 Å². The molecule has 1 aromatic heterocycles. The summed E-state index contributed by atoms with van der Waals surface area (Å²) in [4.78, 5) is 4.28. The minimum absolute atomic E-state index is 0.334. The zero-order valence-corrected chi connectivity index (χ0v) is 10.6. The van der Waals surface area contributed by atoms with Gasteiger partial charge in [0, 0.05) is 17.7 Å². The highest BCUT2D eigenvalue weighted by molar-refractivity contribution is 5.60. The van der Waals surface area contributed by atoms with Crippen LogP contribution in [0, 0.1) is 5.82 Å². The van der Waals surface area contributed by atoms with Gasteiger partial charge in [-0.2, -0.15) is 4.98 Å². The van der Waals surface area contributed by atoms with Gasteiger partial charge in [0.25, 0.3) is 5.89 Å². The van der Waals surface area contributed by atoms with Gasteiger partial charge in [0.05, 0.1) is 0 Å². The van der Waals surface area contributed by atoms with Crippen LogP contribution in [0.4, 0.5) is 4.39 Å². The molecule has 0 saturated heterocycles. The highest BCUT2D eigenvalue weighted by atomic mass is 19.1. The Morgan fingerprint density at radius 3 is 2.65 bits per heavy atom. The molecule has 3 aromatic rings. The van der Waals surface area contributed by atoms with Gasteiger partial charge in [-0.25, -0.2) is 4.39 Å². The maximum Gasteiger partial charge on any atom is 0.258 e. The smallest absolute Gasteiger partial charge is 0.258 e. The van der Waals surface area contributed by atoms with Crippen molar-refractivity contribution in [2.45, 2.75) is 6.54 Å². The molecule has 0 aliphatic heterocycles. The van der Waals surface area contributed by atoms with E-state index in [2.05, 4.69) is 10.1 Å². The van der Waals surface area contributed by atoms with E-state index in [1.165, 1.54) is 12.1 Å². The fourth-order valence-corrected chi connectivity index (χ4v) is 1.92. The molecule has 0 saturated carbocycles. The minimum atomic E-state index is -0.334. The molecule has 0 atom stereocenters. The number of nitrogens with zero attached hydrogens (tertiary/aromatic N) is 2. The summed E-state index contributed by atoms with van der Waals surface area (Å²) >= 11 is 0. The van der Waals surface area contributed by atoms with Gasteiger partial charge in [-0.3, -0.25) is 0 Å². The number of rotatable bonds is 3. The standard InChI is InChI=1S/C15H12FN3O/c16-13-6-2-4-11(8-13)14-18-15(20-19-14)12-5-1-3-10(7-12)9-17/h1-8H,9,17H2. The minimum Gasteiger partial charge on any atom is -0.334 e. The van der Waals surface area contributed by atoms with Crippen molar-refractivity contribution in [3.63, 3.8) is 0 Å². The third-order valence-electron chi connectivity index (χ3n) is 2.92. The van der Waals surface area contributed by atoms with Gasteiger partial charge in [-0.05, 0) is 29.8 Å². The molecular weight excluding hydrogens is 257 g/mol. The van der Waals surface area contributed by atoms with E-state index < -0.39 is 0 Å². The Hall–Kier alpha value is -2.53. The third kappa shape index (κ3) is 2.44. The van der Waals surface area contributed by atoms with E-state index >= 15 is 0 Å². The van der Waals surface area contributed by atoms with Crippen molar-refractivity contribution in [2.24, 2.45) is 5.73 Å². The van der Waals surface area contributed by atoms with E-state index in [0.717, 1.165) is 11.1 Å². The van der Waals surface area contributed by atoms with Gasteiger partial charge in [0.15, 0.2) is 0 Å². The average Bonchev–Trinajstić information content (AvgIpc) is 2.97. The van der Waals surface area contributed by atoms with Crippen LogP contribution in [-0.4, -0.2) is 10.1 Å². The Bertz CT molecular complexity index is 739. The van der Waals surface area contributed by atoms with Crippen LogP contribution in [0.2, 0.25) is 0 Å². The van der Waals surface area contributed by atoms with Crippen molar-refractivity contribution >= 4 is 0 Å². The molecule has 0 fully saturated rings. The summed E-state index contributed by atoms with van der Waals surface area (Å²) in [6.45, 7) is 0.443. The largest absolute Gasteiger partial charge is 0.334 e. The van der Waals surface area contributed by atoms with Crippen LogP contribution < -0.4 is 5.73 Å². The number of nitrogens with two attached hydrogens (primary N) is 1. The first-order chi connectivity index (χ1) is 9.76. The fourth-order valence-electron chi connectivity index (χ4n) is 1.92. The number of halogens is 1. The first-order valence-corrected chi connectivity index (χ1v) is 6.15. The predicted molar refractivity (Wildman–Crippen MR) is 73.0 cm³/mol. The lowest BCUT2D eigenvalue weighted by atomic mass is 10.1. The first kappa shape index (κ1) is 12.5. The molecule has 0 bridgehead atoms. The van der Waals surface area contributed by atoms with Crippen molar-refractivity contribution < 1.29 is 8.91 Å². The number of hydrogen-bond donors (Lipinski definition) is 1. The quantitative estimate of drug-likeness (QED) is 0.793. The van der Waals surface area contributed by atoms with E-state index in [1.807, 2.05) is 24.3 Å². The van der Waals surface area contributed by atoms with Crippen molar-refractivity contribution in [3.8, 4) is 22.8 Å². The van der Waals surface area contributed by atoms with E-state index in [0.29, 0.717) is 23.8 Å². The Morgan fingerprint density at radius 2 is 1.85 bits per heavy atom. The number of benzene rings is 2. The van der Waals surface area contributed by atoms with E-state index in [-0.39, 0.29) is 5.82 Å². The van der Waals surface area contributed by atoms with Gasteiger partial charge >= 0.3 is 0 Å². The summed E-state index contributed by atoms with van der Waals surface area (Å²) in [7, 11) is 0. The van der Waals surface area contributed by atoms with Crippen molar-refractivity contribution in [1.82, 2.24) is 10.1 Å². The molecule has 0 amide bonds. The van der Waals surface area contributed by atoms with Crippen LogP contribution in [-0.2, 0) is 6.54 Å². The highest BCUT2D eigenvalue weighted by Gasteiger charge is 2.11. The van der Waals surface area contributed by atoms with Crippen molar-refractivity contribution in [1.29, 1.82) is 0 Å². The summed E-state index contributed by atoms with van der Waals surface area (Å²) < 4.78 is 18.4. The topological polar surface area (TPSA) is 64.9 Å². The molecule has 4 nitrogen and oxygen atoms in total. The molecular formula is C15H12FN3O. The molecule has 0 radical (unpaired) electrons. The lowest BCUT2D eigenvalue weighted by Crippen LogP contribution is -1.95. The molecule has 0 aliphatic rings. The molecule has 0 unspecified atom stereocenters. The van der Waals surface area contributed by atoms with Gasteiger partial charge in [0.1, 0.15) is 5.82 Å². The Labute approximate surface area is 115 Å². The molecule has 0 spiro atoms. The zero-order valence-electron chi connectivity index (χ0n) is 10.6. The lowest BCUT2D eigenvalue weighted by Gasteiger charge is -1.98. The summed E-state index contributed by atoms with van der Waals surface area (Å²) in [6, 6.07) is 13.6. The van der Waals surface area contributed by atoms with Crippen LogP contribution in [0.5, 0.6) is 0 Å². The van der Waals surface area contributed by atoms with Crippen molar-refractivity contribution in [2.75, 3.05) is 0 Å². The number of aromatic nitrogens is 2. The second-order valence-electron chi connectivity index (χ2n) is 4.34. The third-order valence-corrected chi connectivity index (χ3v) is 2.92. The maximum atomic E-state index is 13.2. The zero-order chi connectivity index (χ0) is 13.9. The van der Waals surface area contributed by atoms with Crippen molar-refractivity contribution in [3.05, 3.63) is 59.9 Å². The monoisotopic (exact) mass is 269 g/mol. The van der Waals surface area contributed by atoms with E-state index in [9.17, 15) is 4.39 Å². The normalized spacial score (nSPS) is 10.7. The van der Waals surface area contributed by atoms with Crippen LogP contribution in [0.15, 0.2) is 53.1 Å².